The van der Waals surface area contributed by atoms with Crippen LogP contribution in [0.4, 0.5) is 0 Å². The number of aromatic nitrogens is 1. The van der Waals surface area contributed by atoms with Gasteiger partial charge in [0.05, 0.1) is 5.69 Å². The molecule has 56 valence electrons. The molecule has 1 aromatic heterocycles. The molecule has 10 heavy (non-hydrogen) atoms. The van der Waals surface area contributed by atoms with Crippen LogP contribution in [-0.2, 0) is 0 Å². The van der Waals surface area contributed by atoms with E-state index in [1.165, 1.54) is 0 Å². The summed E-state index contributed by atoms with van der Waals surface area (Å²) in [5, 5.41) is 8.32. The Labute approximate surface area is 63.3 Å². The highest BCUT2D eigenvalue weighted by Crippen LogP contribution is 2.02. The standard InChI is InChI=1S/C5H5NO3.ClH/c1-3-4(5(7)8)9-2-6-3;/h2H,1H3,(H,7,8);1H. The summed E-state index contributed by atoms with van der Waals surface area (Å²) >= 11 is 0. The predicted molar refractivity (Wildman–Crippen MR) is 35.4 cm³/mol. The van der Waals surface area contributed by atoms with E-state index in [0.717, 1.165) is 6.39 Å². The Kier molecular flexibility index (Phi) is 2.89. The normalized spacial score (nSPS) is 8.50. The monoisotopic (exact) mass is 163 g/mol. The number of carboxylic acid groups (broad SMARTS) is 1. The number of aromatic carboxylic acids is 1. The molecule has 1 heterocycles. The number of oxazole rings is 1. The van der Waals surface area contributed by atoms with Crippen LogP contribution in [0.2, 0.25) is 0 Å². The molecule has 1 N–H and O–H groups in total. The molecule has 1 rings (SSSR count). The quantitative estimate of drug-likeness (QED) is 0.674. The highest BCUT2D eigenvalue weighted by atomic mass is 35.5. The van der Waals surface area contributed by atoms with Gasteiger partial charge in [0.25, 0.3) is 0 Å². The summed E-state index contributed by atoms with van der Waals surface area (Å²) in [6, 6.07) is 0. The second kappa shape index (κ2) is 3.22. The first-order valence-corrected chi connectivity index (χ1v) is 2.35. The van der Waals surface area contributed by atoms with Crippen LogP contribution in [-0.4, -0.2) is 16.1 Å². The van der Waals surface area contributed by atoms with Gasteiger partial charge < -0.3 is 9.52 Å². The molecule has 1 aromatic rings. The van der Waals surface area contributed by atoms with Gasteiger partial charge in [0.2, 0.25) is 5.76 Å². The number of halogens is 1. The molecular weight excluding hydrogens is 158 g/mol. The lowest BCUT2D eigenvalue weighted by atomic mass is 10.4. The summed E-state index contributed by atoms with van der Waals surface area (Å²) < 4.78 is 4.52. The molecule has 0 spiro atoms. The fourth-order valence-electron chi connectivity index (χ4n) is 0.507. The lowest BCUT2D eigenvalue weighted by molar-refractivity contribution is 0.0661. The van der Waals surface area contributed by atoms with Gasteiger partial charge in [-0.2, -0.15) is 0 Å². The molecule has 0 fully saturated rings. The molecule has 5 heteroatoms. The number of carboxylic acids is 1. The molecule has 0 radical (unpaired) electrons. The van der Waals surface area contributed by atoms with Crippen molar-refractivity contribution in [1.82, 2.24) is 4.98 Å². The first kappa shape index (κ1) is 8.97. The van der Waals surface area contributed by atoms with Crippen LogP contribution in [0.3, 0.4) is 0 Å². The van der Waals surface area contributed by atoms with Crippen molar-refractivity contribution in [3.05, 3.63) is 17.8 Å². The molecule has 0 bridgehead atoms. The number of rotatable bonds is 1. The average Bonchev–Trinajstić information content (AvgIpc) is 2.13. The summed E-state index contributed by atoms with van der Waals surface area (Å²) in [6.45, 7) is 1.58. The van der Waals surface area contributed by atoms with E-state index < -0.39 is 5.97 Å². The zero-order valence-corrected chi connectivity index (χ0v) is 6.01. The first-order valence-electron chi connectivity index (χ1n) is 2.35. The summed E-state index contributed by atoms with van der Waals surface area (Å²) in [6.07, 6.45) is 1.11. The van der Waals surface area contributed by atoms with Crippen molar-refractivity contribution in [2.75, 3.05) is 0 Å². The molecular formula is C5H6ClNO3. The fraction of sp³-hybridized carbons (Fsp3) is 0.200. The maximum absolute atomic E-state index is 10.1. The third-order valence-electron chi connectivity index (χ3n) is 0.940. The van der Waals surface area contributed by atoms with Crippen molar-refractivity contribution in [3.8, 4) is 0 Å². The van der Waals surface area contributed by atoms with Gasteiger partial charge in [0.15, 0.2) is 6.39 Å². The van der Waals surface area contributed by atoms with Crippen molar-refractivity contribution < 1.29 is 14.3 Å². The summed E-state index contributed by atoms with van der Waals surface area (Å²) in [5.74, 6) is -1.17. The zero-order chi connectivity index (χ0) is 6.85. The molecule has 0 aliphatic heterocycles. The van der Waals surface area contributed by atoms with Gasteiger partial charge >= 0.3 is 5.97 Å². The number of nitrogens with zero attached hydrogens (tertiary/aromatic N) is 1. The molecule has 0 aromatic carbocycles. The van der Waals surface area contributed by atoms with Crippen molar-refractivity contribution >= 4 is 18.4 Å². The Morgan fingerprint density at radius 2 is 2.40 bits per heavy atom. The minimum Gasteiger partial charge on any atom is -0.475 e. The van der Waals surface area contributed by atoms with Crippen LogP contribution in [0.1, 0.15) is 16.2 Å². The maximum Gasteiger partial charge on any atom is 0.373 e. The predicted octanol–water partition coefficient (Wildman–Crippen LogP) is 1.10. The largest absolute Gasteiger partial charge is 0.475 e. The third kappa shape index (κ3) is 1.48. The second-order valence-electron chi connectivity index (χ2n) is 1.57. The Balaban J connectivity index is 0.000000810. The molecule has 0 saturated heterocycles. The molecule has 0 amide bonds. The van der Waals surface area contributed by atoms with Gasteiger partial charge in [0.1, 0.15) is 0 Å². The van der Waals surface area contributed by atoms with Crippen molar-refractivity contribution in [1.29, 1.82) is 0 Å². The van der Waals surface area contributed by atoms with Crippen LogP contribution >= 0.6 is 12.4 Å². The fourth-order valence-corrected chi connectivity index (χ4v) is 0.507. The van der Waals surface area contributed by atoms with Gasteiger partial charge in [-0.1, -0.05) is 0 Å². The van der Waals surface area contributed by atoms with Crippen LogP contribution in [0.5, 0.6) is 0 Å². The van der Waals surface area contributed by atoms with E-state index in [2.05, 4.69) is 9.40 Å². The van der Waals surface area contributed by atoms with Crippen LogP contribution in [0.15, 0.2) is 10.8 Å². The van der Waals surface area contributed by atoms with E-state index in [9.17, 15) is 4.79 Å². The van der Waals surface area contributed by atoms with Crippen LogP contribution in [0, 0.1) is 6.92 Å². The van der Waals surface area contributed by atoms with Gasteiger partial charge in [-0.3, -0.25) is 0 Å². The Bertz CT molecular complexity index is 233. The highest BCUT2D eigenvalue weighted by Gasteiger charge is 2.10. The lowest BCUT2D eigenvalue weighted by Crippen LogP contribution is -1.95. The SMILES string of the molecule is Cc1ncoc1C(=O)O.Cl. The van der Waals surface area contributed by atoms with Gasteiger partial charge in [-0.15, -0.1) is 12.4 Å². The first-order chi connectivity index (χ1) is 4.22. The second-order valence-corrected chi connectivity index (χ2v) is 1.57. The number of hydrogen-bond acceptors (Lipinski definition) is 3. The van der Waals surface area contributed by atoms with Crippen molar-refractivity contribution in [2.45, 2.75) is 6.92 Å². The van der Waals surface area contributed by atoms with E-state index in [1.54, 1.807) is 6.92 Å². The number of carbonyl (C=O) groups is 1. The van der Waals surface area contributed by atoms with E-state index in [-0.39, 0.29) is 18.2 Å². The van der Waals surface area contributed by atoms with Crippen LogP contribution in [0.25, 0.3) is 0 Å². The van der Waals surface area contributed by atoms with E-state index in [1.807, 2.05) is 0 Å². The lowest BCUT2D eigenvalue weighted by Gasteiger charge is -1.83. The van der Waals surface area contributed by atoms with E-state index in [4.69, 9.17) is 5.11 Å². The summed E-state index contributed by atoms with van der Waals surface area (Å²) in [5.41, 5.74) is 0.405. The molecule has 0 aliphatic rings. The minimum atomic E-state index is -1.08. The van der Waals surface area contributed by atoms with Gasteiger partial charge in [0, 0.05) is 0 Å². The Morgan fingerprint density at radius 3 is 2.60 bits per heavy atom. The molecule has 0 unspecified atom stereocenters. The summed E-state index contributed by atoms with van der Waals surface area (Å²) in [7, 11) is 0. The van der Waals surface area contributed by atoms with E-state index in [0.29, 0.717) is 5.69 Å². The molecule has 0 atom stereocenters. The van der Waals surface area contributed by atoms with Crippen molar-refractivity contribution in [3.63, 3.8) is 0 Å². The minimum absolute atomic E-state index is 0. The van der Waals surface area contributed by atoms with Gasteiger partial charge in [-0.25, -0.2) is 9.78 Å². The number of hydrogen-bond donors (Lipinski definition) is 1. The Hall–Kier alpha value is -1.03. The smallest absolute Gasteiger partial charge is 0.373 e. The molecule has 0 aliphatic carbocycles. The molecule has 4 nitrogen and oxygen atoms in total. The average molecular weight is 164 g/mol. The highest BCUT2D eigenvalue weighted by molar-refractivity contribution is 5.85. The molecule has 0 saturated carbocycles. The van der Waals surface area contributed by atoms with Gasteiger partial charge in [-0.05, 0) is 6.92 Å². The zero-order valence-electron chi connectivity index (χ0n) is 5.20. The number of aryl methyl sites for hydroxylation is 1. The van der Waals surface area contributed by atoms with E-state index >= 15 is 0 Å². The third-order valence-corrected chi connectivity index (χ3v) is 0.940. The van der Waals surface area contributed by atoms with Crippen LogP contribution < -0.4 is 0 Å². The topological polar surface area (TPSA) is 63.3 Å². The van der Waals surface area contributed by atoms with Crippen molar-refractivity contribution in [2.24, 2.45) is 0 Å². The maximum atomic E-state index is 10.1. The Morgan fingerprint density at radius 1 is 1.80 bits per heavy atom. The summed E-state index contributed by atoms with van der Waals surface area (Å²) in [4.78, 5) is 13.7.